The molecule has 0 bridgehead atoms. The van der Waals surface area contributed by atoms with Gasteiger partial charge in [0.25, 0.3) is 0 Å². The summed E-state index contributed by atoms with van der Waals surface area (Å²) >= 11 is 0. The largest absolute Gasteiger partial charge is 0.433 e. The average Bonchev–Trinajstić information content (AvgIpc) is 2.57. The summed E-state index contributed by atoms with van der Waals surface area (Å²) in [7, 11) is 0. The topological polar surface area (TPSA) is 32.3 Å². The molecule has 2 heterocycles. The number of anilines is 1. The van der Waals surface area contributed by atoms with Gasteiger partial charge in [0.2, 0.25) is 5.95 Å². The van der Waals surface area contributed by atoms with Crippen LogP contribution in [-0.2, 0) is 12.7 Å². The van der Waals surface area contributed by atoms with Gasteiger partial charge in [-0.25, -0.2) is 14.4 Å². The lowest BCUT2D eigenvalue weighted by atomic mass is 10.2. The maximum Gasteiger partial charge on any atom is 0.433 e. The molecule has 0 spiro atoms. The van der Waals surface area contributed by atoms with Crippen molar-refractivity contribution in [2.75, 3.05) is 31.1 Å². The van der Waals surface area contributed by atoms with Crippen LogP contribution in [0.5, 0.6) is 0 Å². The second-order valence-electron chi connectivity index (χ2n) is 5.59. The molecule has 128 valence electrons. The van der Waals surface area contributed by atoms with Crippen LogP contribution in [-0.4, -0.2) is 41.0 Å². The van der Waals surface area contributed by atoms with Crippen LogP contribution in [0.1, 0.15) is 11.3 Å². The van der Waals surface area contributed by atoms with E-state index < -0.39 is 11.9 Å². The minimum absolute atomic E-state index is 0.0790. The molecule has 1 aromatic heterocycles. The highest BCUT2D eigenvalue weighted by atomic mass is 19.4. The quantitative estimate of drug-likeness (QED) is 0.804. The van der Waals surface area contributed by atoms with Gasteiger partial charge in [-0.15, -0.1) is 0 Å². The van der Waals surface area contributed by atoms with Gasteiger partial charge in [0.05, 0.1) is 0 Å². The van der Waals surface area contributed by atoms with E-state index in [4.69, 9.17) is 0 Å². The molecule has 0 saturated carbocycles. The first kappa shape index (κ1) is 16.6. The number of aromatic nitrogens is 2. The summed E-state index contributed by atoms with van der Waals surface area (Å²) in [5.74, 6) is -0.170. The van der Waals surface area contributed by atoms with Crippen molar-refractivity contribution >= 4 is 5.95 Å². The summed E-state index contributed by atoms with van der Waals surface area (Å²) in [5, 5.41) is 0. The van der Waals surface area contributed by atoms with Crippen molar-refractivity contribution in [3.05, 3.63) is 53.6 Å². The number of hydrogen-bond donors (Lipinski definition) is 0. The van der Waals surface area contributed by atoms with E-state index in [-0.39, 0.29) is 11.8 Å². The Labute approximate surface area is 136 Å². The molecule has 24 heavy (non-hydrogen) atoms. The van der Waals surface area contributed by atoms with Crippen LogP contribution in [0.2, 0.25) is 0 Å². The Bertz CT molecular complexity index is 696. The summed E-state index contributed by atoms with van der Waals surface area (Å²) in [4.78, 5) is 11.3. The second kappa shape index (κ2) is 6.72. The number of rotatable bonds is 3. The van der Waals surface area contributed by atoms with E-state index in [1.165, 1.54) is 6.07 Å². The van der Waals surface area contributed by atoms with Crippen LogP contribution < -0.4 is 4.90 Å². The van der Waals surface area contributed by atoms with Crippen LogP contribution in [0.3, 0.4) is 0 Å². The van der Waals surface area contributed by atoms with E-state index >= 15 is 0 Å². The highest BCUT2D eigenvalue weighted by Crippen LogP contribution is 2.28. The van der Waals surface area contributed by atoms with E-state index in [0.29, 0.717) is 38.3 Å². The zero-order valence-corrected chi connectivity index (χ0v) is 12.8. The van der Waals surface area contributed by atoms with Gasteiger partial charge in [-0.3, -0.25) is 4.90 Å². The molecule has 0 radical (unpaired) electrons. The van der Waals surface area contributed by atoms with Gasteiger partial charge < -0.3 is 4.90 Å². The molecule has 1 aliphatic rings. The standard InChI is InChI=1S/C16H16F4N4/c17-13-4-2-1-3-12(13)11-23-7-9-24(10-8-23)15-21-6-5-14(22-15)16(18,19)20/h1-6H,7-11H2. The summed E-state index contributed by atoms with van der Waals surface area (Å²) < 4.78 is 51.9. The molecular weight excluding hydrogens is 324 g/mol. The second-order valence-corrected chi connectivity index (χ2v) is 5.59. The Kier molecular flexibility index (Phi) is 4.66. The van der Waals surface area contributed by atoms with Gasteiger partial charge in [0.1, 0.15) is 11.5 Å². The number of alkyl halides is 3. The summed E-state index contributed by atoms with van der Waals surface area (Å²) in [5.41, 5.74) is -0.331. The highest BCUT2D eigenvalue weighted by molar-refractivity contribution is 5.32. The van der Waals surface area contributed by atoms with Crippen LogP contribution in [0.4, 0.5) is 23.5 Å². The lowest BCUT2D eigenvalue weighted by molar-refractivity contribution is -0.141. The Morgan fingerprint density at radius 2 is 1.71 bits per heavy atom. The molecule has 2 aromatic rings. The maximum absolute atomic E-state index is 13.7. The molecule has 0 atom stereocenters. The molecule has 1 saturated heterocycles. The molecule has 0 unspecified atom stereocenters. The lowest BCUT2D eigenvalue weighted by Crippen LogP contribution is -2.46. The Hall–Kier alpha value is -2.22. The molecule has 0 N–H and O–H groups in total. The predicted molar refractivity (Wildman–Crippen MR) is 80.9 cm³/mol. The number of benzene rings is 1. The third-order valence-electron chi connectivity index (χ3n) is 3.94. The van der Waals surface area contributed by atoms with Crippen molar-refractivity contribution in [2.24, 2.45) is 0 Å². The Morgan fingerprint density at radius 1 is 1.00 bits per heavy atom. The Balaban J connectivity index is 1.62. The molecule has 1 aliphatic heterocycles. The minimum Gasteiger partial charge on any atom is -0.338 e. The molecule has 8 heteroatoms. The van der Waals surface area contributed by atoms with Gasteiger partial charge in [0, 0.05) is 44.5 Å². The van der Waals surface area contributed by atoms with Gasteiger partial charge in [-0.05, 0) is 12.1 Å². The zero-order valence-electron chi connectivity index (χ0n) is 12.8. The van der Waals surface area contributed by atoms with E-state index in [1.807, 2.05) is 0 Å². The van der Waals surface area contributed by atoms with E-state index in [9.17, 15) is 17.6 Å². The fourth-order valence-electron chi connectivity index (χ4n) is 2.63. The van der Waals surface area contributed by atoms with E-state index in [1.54, 1.807) is 23.1 Å². The van der Waals surface area contributed by atoms with E-state index in [0.717, 1.165) is 12.3 Å². The molecule has 1 fully saturated rings. The zero-order chi connectivity index (χ0) is 17.2. The first-order valence-corrected chi connectivity index (χ1v) is 7.54. The monoisotopic (exact) mass is 340 g/mol. The van der Waals surface area contributed by atoms with Gasteiger partial charge in [0.15, 0.2) is 0 Å². The Morgan fingerprint density at radius 3 is 2.38 bits per heavy atom. The molecule has 1 aromatic carbocycles. The number of halogens is 4. The molecule has 4 nitrogen and oxygen atoms in total. The molecule has 0 aliphatic carbocycles. The third kappa shape index (κ3) is 3.81. The smallest absolute Gasteiger partial charge is 0.338 e. The van der Waals surface area contributed by atoms with Crippen LogP contribution >= 0.6 is 0 Å². The summed E-state index contributed by atoms with van der Waals surface area (Å²) in [6.45, 7) is 2.68. The number of nitrogens with zero attached hydrogens (tertiary/aromatic N) is 4. The summed E-state index contributed by atoms with van der Waals surface area (Å²) in [6.07, 6.45) is -3.36. The normalized spacial score (nSPS) is 16.4. The van der Waals surface area contributed by atoms with Crippen molar-refractivity contribution in [3.8, 4) is 0 Å². The van der Waals surface area contributed by atoms with Crippen LogP contribution in [0.25, 0.3) is 0 Å². The first-order valence-electron chi connectivity index (χ1n) is 7.54. The number of hydrogen-bond acceptors (Lipinski definition) is 4. The van der Waals surface area contributed by atoms with Gasteiger partial charge in [-0.1, -0.05) is 18.2 Å². The highest BCUT2D eigenvalue weighted by Gasteiger charge is 2.33. The maximum atomic E-state index is 13.7. The molecule has 3 rings (SSSR count). The van der Waals surface area contributed by atoms with Crippen LogP contribution in [0.15, 0.2) is 36.5 Å². The van der Waals surface area contributed by atoms with Crippen molar-refractivity contribution in [2.45, 2.75) is 12.7 Å². The fraction of sp³-hybridized carbons (Fsp3) is 0.375. The van der Waals surface area contributed by atoms with Crippen LogP contribution in [0, 0.1) is 5.82 Å². The molecular formula is C16H16F4N4. The average molecular weight is 340 g/mol. The van der Waals surface area contributed by atoms with E-state index in [2.05, 4.69) is 14.9 Å². The minimum atomic E-state index is -4.48. The predicted octanol–water partition coefficient (Wildman–Crippen LogP) is 2.96. The van der Waals surface area contributed by atoms with Crippen molar-refractivity contribution < 1.29 is 17.6 Å². The third-order valence-corrected chi connectivity index (χ3v) is 3.94. The van der Waals surface area contributed by atoms with Crippen molar-refractivity contribution in [1.82, 2.24) is 14.9 Å². The summed E-state index contributed by atoms with van der Waals surface area (Å²) in [6, 6.07) is 7.44. The SMILES string of the molecule is Fc1ccccc1CN1CCN(c2nccc(C(F)(F)F)n2)CC1. The fourth-order valence-corrected chi connectivity index (χ4v) is 2.63. The number of piperazine rings is 1. The molecule has 0 amide bonds. The van der Waals surface area contributed by atoms with Gasteiger partial charge >= 0.3 is 6.18 Å². The van der Waals surface area contributed by atoms with Gasteiger partial charge in [-0.2, -0.15) is 13.2 Å². The first-order chi connectivity index (χ1) is 11.4. The lowest BCUT2D eigenvalue weighted by Gasteiger charge is -2.34. The van der Waals surface area contributed by atoms with Crippen molar-refractivity contribution in [3.63, 3.8) is 0 Å². The van der Waals surface area contributed by atoms with Crippen molar-refractivity contribution in [1.29, 1.82) is 0 Å².